The molecule has 0 aromatic carbocycles. The van der Waals surface area contributed by atoms with Gasteiger partial charge in [0.1, 0.15) is 11.6 Å². The summed E-state index contributed by atoms with van der Waals surface area (Å²) < 4.78 is 6.88. The molecule has 1 aliphatic heterocycles. The van der Waals surface area contributed by atoms with Crippen molar-refractivity contribution in [2.75, 3.05) is 36.9 Å². The van der Waals surface area contributed by atoms with Gasteiger partial charge in [0.05, 0.1) is 13.2 Å². The van der Waals surface area contributed by atoms with Gasteiger partial charge in [-0.3, -0.25) is 0 Å². The summed E-state index contributed by atoms with van der Waals surface area (Å²) in [7, 11) is 0. The maximum absolute atomic E-state index is 5.78. The van der Waals surface area contributed by atoms with E-state index in [1.54, 1.807) is 4.68 Å². The molecule has 0 spiro atoms. The molecule has 0 radical (unpaired) electrons. The van der Waals surface area contributed by atoms with Gasteiger partial charge in [-0.2, -0.15) is 19.6 Å². The zero-order valence-electron chi connectivity index (χ0n) is 11.4. The van der Waals surface area contributed by atoms with E-state index in [9.17, 15) is 0 Å². The molecule has 2 aromatic rings. The predicted octanol–water partition coefficient (Wildman–Crippen LogP) is -0.512. The largest absolute Gasteiger partial charge is 0.378 e. The minimum Gasteiger partial charge on any atom is -0.378 e. The number of aryl methyl sites for hydroxylation is 2. The molecule has 2 aromatic heterocycles. The number of aromatic nitrogens is 6. The van der Waals surface area contributed by atoms with Crippen LogP contribution in [0.25, 0.3) is 5.95 Å². The normalized spacial score (nSPS) is 15.6. The Kier molecular flexibility index (Phi) is 3.18. The topological polar surface area (TPSA) is 108 Å². The van der Waals surface area contributed by atoms with Gasteiger partial charge in [0.15, 0.2) is 0 Å². The van der Waals surface area contributed by atoms with Crippen LogP contribution in [0.3, 0.4) is 0 Å². The number of nitrogens with zero attached hydrogens (tertiary/aromatic N) is 7. The first-order valence-corrected chi connectivity index (χ1v) is 6.38. The second-order valence-electron chi connectivity index (χ2n) is 4.51. The Morgan fingerprint density at radius 1 is 1.00 bits per heavy atom. The molecular formula is C11H16N8O. The average Bonchev–Trinajstić information content (AvgIpc) is 2.78. The van der Waals surface area contributed by atoms with Gasteiger partial charge in [-0.05, 0) is 13.8 Å². The summed E-state index contributed by atoms with van der Waals surface area (Å²) in [6, 6.07) is 0. The number of nitrogen functional groups attached to an aromatic ring is 1. The van der Waals surface area contributed by atoms with Crippen LogP contribution in [0.5, 0.6) is 0 Å². The molecule has 106 valence electrons. The van der Waals surface area contributed by atoms with Crippen molar-refractivity contribution < 1.29 is 4.74 Å². The Labute approximate surface area is 115 Å². The average molecular weight is 276 g/mol. The third-order valence-corrected chi connectivity index (χ3v) is 2.99. The highest BCUT2D eigenvalue weighted by molar-refractivity contribution is 5.38. The fraction of sp³-hybridized carbons (Fsp3) is 0.545. The molecule has 0 atom stereocenters. The third-order valence-electron chi connectivity index (χ3n) is 2.99. The standard InChI is InChI=1S/C11H16N8O/c1-7-13-8(2)19(17-7)11-15-9(12)14-10(16-11)18-3-5-20-6-4-18/h3-6H2,1-2H3,(H2,12,14,15,16). The summed E-state index contributed by atoms with van der Waals surface area (Å²) in [5.41, 5.74) is 5.78. The van der Waals surface area contributed by atoms with E-state index < -0.39 is 0 Å². The fourth-order valence-electron chi connectivity index (χ4n) is 2.08. The molecule has 0 bridgehead atoms. The smallest absolute Gasteiger partial charge is 0.258 e. The lowest BCUT2D eigenvalue weighted by atomic mass is 10.4. The van der Waals surface area contributed by atoms with E-state index in [1.165, 1.54) is 0 Å². The zero-order valence-corrected chi connectivity index (χ0v) is 11.4. The SMILES string of the molecule is Cc1nc(C)n(-c2nc(N)nc(N3CCOCC3)n2)n1. The van der Waals surface area contributed by atoms with E-state index in [2.05, 4.69) is 25.0 Å². The number of ether oxygens (including phenoxy) is 1. The van der Waals surface area contributed by atoms with Gasteiger partial charge in [0.25, 0.3) is 5.95 Å². The van der Waals surface area contributed by atoms with E-state index in [-0.39, 0.29) is 5.95 Å². The zero-order chi connectivity index (χ0) is 14.1. The number of rotatable bonds is 2. The van der Waals surface area contributed by atoms with Crippen molar-refractivity contribution in [2.45, 2.75) is 13.8 Å². The Morgan fingerprint density at radius 2 is 1.70 bits per heavy atom. The van der Waals surface area contributed by atoms with Gasteiger partial charge in [-0.15, -0.1) is 5.10 Å². The third kappa shape index (κ3) is 2.39. The summed E-state index contributed by atoms with van der Waals surface area (Å²) in [5.74, 6) is 2.47. The van der Waals surface area contributed by atoms with Crippen LogP contribution in [0.4, 0.5) is 11.9 Å². The maximum Gasteiger partial charge on any atom is 0.258 e. The van der Waals surface area contributed by atoms with Crippen LogP contribution >= 0.6 is 0 Å². The van der Waals surface area contributed by atoms with Crippen molar-refractivity contribution in [3.8, 4) is 5.95 Å². The van der Waals surface area contributed by atoms with Crippen molar-refractivity contribution in [1.29, 1.82) is 0 Å². The molecule has 0 saturated carbocycles. The Hall–Kier alpha value is -2.29. The molecule has 1 fully saturated rings. The van der Waals surface area contributed by atoms with Crippen LogP contribution in [0.2, 0.25) is 0 Å². The van der Waals surface area contributed by atoms with Gasteiger partial charge in [0, 0.05) is 13.1 Å². The van der Waals surface area contributed by atoms with Gasteiger partial charge in [0.2, 0.25) is 11.9 Å². The van der Waals surface area contributed by atoms with E-state index >= 15 is 0 Å². The van der Waals surface area contributed by atoms with Crippen molar-refractivity contribution >= 4 is 11.9 Å². The van der Waals surface area contributed by atoms with Crippen molar-refractivity contribution in [3.05, 3.63) is 11.6 Å². The molecule has 0 amide bonds. The van der Waals surface area contributed by atoms with E-state index in [0.29, 0.717) is 36.8 Å². The second kappa shape index (κ2) is 5.00. The Morgan fingerprint density at radius 3 is 2.35 bits per heavy atom. The van der Waals surface area contributed by atoms with Gasteiger partial charge in [-0.1, -0.05) is 0 Å². The van der Waals surface area contributed by atoms with Crippen molar-refractivity contribution in [1.82, 2.24) is 29.7 Å². The molecular weight excluding hydrogens is 260 g/mol. The number of anilines is 2. The van der Waals surface area contributed by atoms with Crippen LogP contribution in [0.15, 0.2) is 0 Å². The highest BCUT2D eigenvalue weighted by atomic mass is 16.5. The second-order valence-corrected chi connectivity index (χ2v) is 4.51. The first-order valence-electron chi connectivity index (χ1n) is 6.38. The lowest BCUT2D eigenvalue weighted by Crippen LogP contribution is -2.37. The van der Waals surface area contributed by atoms with E-state index in [0.717, 1.165) is 13.1 Å². The van der Waals surface area contributed by atoms with Crippen LogP contribution in [-0.4, -0.2) is 56.0 Å². The van der Waals surface area contributed by atoms with Crippen LogP contribution in [0, 0.1) is 13.8 Å². The summed E-state index contributed by atoms with van der Waals surface area (Å²) in [5, 5.41) is 4.26. The highest BCUT2D eigenvalue weighted by Gasteiger charge is 2.17. The molecule has 3 rings (SSSR count). The van der Waals surface area contributed by atoms with Gasteiger partial charge in [-0.25, -0.2) is 4.98 Å². The summed E-state index contributed by atoms with van der Waals surface area (Å²) >= 11 is 0. The number of hydrogen-bond acceptors (Lipinski definition) is 8. The quantitative estimate of drug-likeness (QED) is 0.781. The molecule has 0 unspecified atom stereocenters. The molecule has 9 heteroatoms. The molecule has 9 nitrogen and oxygen atoms in total. The highest BCUT2D eigenvalue weighted by Crippen LogP contribution is 2.13. The Bertz CT molecular complexity index is 619. The van der Waals surface area contributed by atoms with Gasteiger partial charge < -0.3 is 15.4 Å². The summed E-state index contributed by atoms with van der Waals surface area (Å²) in [6.07, 6.45) is 0. The maximum atomic E-state index is 5.78. The van der Waals surface area contributed by atoms with Gasteiger partial charge >= 0.3 is 0 Å². The van der Waals surface area contributed by atoms with Crippen molar-refractivity contribution in [2.24, 2.45) is 0 Å². The van der Waals surface area contributed by atoms with E-state index in [4.69, 9.17) is 10.5 Å². The number of nitrogens with two attached hydrogens (primary N) is 1. The first kappa shape index (κ1) is 12.7. The fourth-order valence-corrected chi connectivity index (χ4v) is 2.08. The minimum absolute atomic E-state index is 0.170. The first-order chi connectivity index (χ1) is 9.63. The molecule has 3 heterocycles. The van der Waals surface area contributed by atoms with Crippen LogP contribution in [0.1, 0.15) is 11.6 Å². The van der Waals surface area contributed by atoms with Crippen molar-refractivity contribution in [3.63, 3.8) is 0 Å². The minimum atomic E-state index is 0.170. The predicted molar refractivity (Wildman–Crippen MR) is 71.7 cm³/mol. The van der Waals surface area contributed by atoms with E-state index in [1.807, 2.05) is 18.7 Å². The molecule has 20 heavy (non-hydrogen) atoms. The summed E-state index contributed by atoms with van der Waals surface area (Å²) in [4.78, 5) is 19.0. The summed E-state index contributed by atoms with van der Waals surface area (Å²) in [6.45, 7) is 6.44. The molecule has 0 aliphatic carbocycles. The lowest BCUT2D eigenvalue weighted by Gasteiger charge is -2.26. The molecule has 1 saturated heterocycles. The number of hydrogen-bond donors (Lipinski definition) is 1. The molecule has 2 N–H and O–H groups in total. The number of morpholine rings is 1. The van der Waals surface area contributed by atoms with Crippen LogP contribution in [-0.2, 0) is 4.74 Å². The molecule has 1 aliphatic rings. The monoisotopic (exact) mass is 276 g/mol. The Balaban J connectivity index is 1.99. The van der Waals surface area contributed by atoms with Crippen LogP contribution < -0.4 is 10.6 Å². The lowest BCUT2D eigenvalue weighted by molar-refractivity contribution is 0.122.